The Morgan fingerprint density at radius 3 is 2.09 bits per heavy atom. The first-order valence-corrected chi connectivity index (χ1v) is 16.4. The molecule has 4 unspecified atom stereocenters. The monoisotopic (exact) mass is 780 g/mol. The molecule has 1 heterocycles. The summed E-state index contributed by atoms with van der Waals surface area (Å²) < 4.78 is 16.7. The number of aromatic hydroxyl groups is 8. The van der Waals surface area contributed by atoms with Gasteiger partial charge in [0.25, 0.3) is 0 Å². The van der Waals surface area contributed by atoms with Gasteiger partial charge in [0.2, 0.25) is 5.43 Å². The minimum Gasteiger partial charge on any atom is -0.508 e. The lowest BCUT2D eigenvalue weighted by Crippen LogP contribution is -2.57. The molecule has 0 aromatic heterocycles. The average molecular weight is 781 g/mol. The summed E-state index contributed by atoms with van der Waals surface area (Å²) in [6.45, 7) is 0. The maximum Gasteiger partial charge on any atom is 0.338 e. The average Bonchev–Trinajstić information content (AvgIpc) is 3.25. The van der Waals surface area contributed by atoms with Gasteiger partial charge in [-0.05, 0) is 47.4 Å². The molecule has 6 rings (SSSR count). The van der Waals surface area contributed by atoms with Crippen LogP contribution in [0.3, 0.4) is 0 Å². The number of aliphatic hydroxyl groups is 3. The minimum atomic E-state index is -2.54. The van der Waals surface area contributed by atoms with Gasteiger partial charge in [-0.25, -0.2) is 14.4 Å². The second kappa shape index (κ2) is 14.4. The quantitative estimate of drug-likeness (QED) is 0.0707. The number of carboxylic acid groups (broad SMARTS) is 1. The van der Waals surface area contributed by atoms with E-state index in [-0.39, 0.29) is 34.2 Å². The molecule has 1 saturated carbocycles. The van der Waals surface area contributed by atoms with E-state index in [1.807, 2.05) is 0 Å². The van der Waals surface area contributed by atoms with Crippen molar-refractivity contribution in [2.75, 3.05) is 0 Å². The summed E-state index contributed by atoms with van der Waals surface area (Å²) in [6, 6.07) is 6.57. The molecule has 19 heteroatoms. The SMILES string of the molecule is O=C(/C=C/c1cc(O)c(O)c2c(=O)c(O)cc(C(=O)O[C@@H]3Cc4c(O)cc(O)cc4O[C@@H]3c3cc(O)c(O)c(O)c3)cc12)OC1CC(O)(C(=O)O)CC(O)C1O. The van der Waals surface area contributed by atoms with Crippen molar-refractivity contribution in [2.24, 2.45) is 0 Å². The molecule has 0 spiro atoms. The Labute approximate surface area is 312 Å². The van der Waals surface area contributed by atoms with Crippen LogP contribution in [-0.4, -0.2) is 109 Å². The van der Waals surface area contributed by atoms with Gasteiger partial charge in [0, 0.05) is 48.6 Å². The third-order valence-corrected chi connectivity index (χ3v) is 9.41. The number of aliphatic hydroxyl groups excluding tert-OH is 2. The van der Waals surface area contributed by atoms with Gasteiger partial charge in [-0.2, -0.15) is 0 Å². The van der Waals surface area contributed by atoms with Crippen molar-refractivity contribution in [3.05, 3.63) is 81.0 Å². The van der Waals surface area contributed by atoms with Crippen molar-refractivity contribution in [2.45, 2.75) is 55.4 Å². The summed E-state index contributed by atoms with van der Waals surface area (Å²) in [4.78, 5) is 51.5. The van der Waals surface area contributed by atoms with Crippen LogP contribution in [0.5, 0.6) is 51.7 Å². The first-order chi connectivity index (χ1) is 26.3. The topological polar surface area (TPSA) is 339 Å². The van der Waals surface area contributed by atoms with Crippen LogP contribution in [-0.2, 0) is 25.5 Å². The molecule has 19 nitrogen and oxygen atoms in total. The Morgan fingerprint density at radius 2 is 1.43 bits per heavy atom. The number of phenols is 7. The fourth-order valence-electron chi connectivity index (χ4n) is 6.59. The van der Waals surface area contributed by atoms with Gasteiger partial charge in [-0.15, -0.1) is 0 Å². The number of carbonyl (C=O) groups is 3. The maximum atomic E-state index is 13.8. The highest BCUT2D eigenvalue weighted by Crippen LogP contribution is 2.46. The smallest absolute Gasteiger partial charge is 0.338 e. The first-order valence-electron chi connectivity index (χ1n) is 16.4. The second-order valence-electron chi connectivity index (χ2n) is 13.2. The normalized spacial score (nSPS) is 23.2. The largest absolute Gasteiger partial charge is 0.508 e. The van der Waals surface area contributed by atoms with Crippen molar-refractivity contribution in [1.82, 2.24) is 0 Å². The Kier molecular flexibility index (Phi) is 9.94. The van der Waals surface area contributed by atoms with Crippen LogP contribution in [0.4, 0.5) is 0 Å². The number of fused-ring (bicyclic) bond motifs is 2. The summed E-state index contributed by atoms with van der Waals surface area (Å²) >= 11 is 0. The zero-order valence-corrected chi connectivity index (χ0v) is 28.4. The van der Waals surface area contributed by atoms with Crippen LogP contribution < -0.4 is 10.2 Å². The molecule has 56 heavy (non-hydrogen) atoms. The predicted molar refractivity (Wildman–Crippen MR) is 185 cm³/mol. The van der Waals surface area contributed by atoms with Gasteiger partial charge in [0.15, 0.2) is 46.2 Å². The van der Waals surface area contributed by atoms with Crippen molar-refractivity contribution in [3.63, 3.8) is 0 Å². The van der Waals surface area contributed by atoms with Crippen molar-refractivity contribution >= 4 is 34.8 Å². The zero-order chi connectivity index (χ0) is 41.0. The highest BCUT2D eigenvalue weighted by atomic mass is 16.6. The lowest BCUT2D eigenvalue weighted by Gasteiger charge is -2.39. The molecule has 0 bridgehead atoms. The third kappa shape index (κ3) is 7.16. The van der Waals surface area contributed by atoms with E-state index >= 15 is 0 Å². The lowest BCUT2D eigenvalue weighted by molar-refractivity contribution is -0.196. The van der Waals surface area contributed by atoms with E-state index in [4.69, 9.17) is 14.2 Å². The Bertz CT molecular complexity index is 2370. The summed E-state index contributed by atoms with van der Waals surface area (Å²) in [5, 5.41) is 122. The second-order valence-corrected chi connectivity index (χ2v) is 13.2. The predicted octanol–water partition coefficient (Wildman–Crippen LogP) is 1.00. The van der Waals surface area contributed by atoms with E-state index in [0.29, 0.717) is 12.1 Å². The molecule has 0 amide bonds. The van der Waals surface area contributed by atoms with E-state index in [9.17, 15) is 80.5 Å². The highest BCUT2D eigenvalue weighted by molar-refractivity contribution is 6.02. The van der Waals surface area contributed by atoms with E-state index in [1.54, 1.807) is 0 Å². The van der Waals surface area contributed by atoms with Crippen molar-refractivity contribution in [1.29, 1.82) is 0 Å². The van der Waals surface area contributed by atoms with Crippen LogP contribution >= 0.6 is 0 Å². The number of phenolic OH excluding ortho intramolecular Hbond substituents is 7. The van der Waals surface area contributed by atoms with Gasteiger partial charge in [0.05, 0.1) is 17.1 Å². The number of aliphatic carboxylic acids is 1. The maximum absolute atomic E-state index is 13.8. The summed E-state index contributed by atoms with van der Waals surface area (Å²) in [7, 11) is 0. The number of hydrogen-bond donors (Lipinski definition) is 12. The molecule has 294 valence electrons. The zero-order valence-electron chi connectivity index (χ0n) is 28.4. The van der Waals surface area contributed by atoms with Gasteiger partial charge < -0.3 is 75.5 Å². The van der Waals surface area contributed by atoms with Gasteiger partial charge >= 0.3 is 17.9 Å². The van der Waals surface area contributed by atoms with E-state index in [1.165, 1.54) is 0 Å². The summed E-state index contributed by atoms with van der Waals surface area (Å²) in [6.07, 6.45) is -8.36. The van der Waals surface area contributed by atoms with Crippen LogP contribution in [0.15, 0.2) is 53.3 Å². The van der Waals surface area contributed by atoms with Crippen molar-refractivity contribution in [3.8, 4) is 51.7 Å². The number of benzene rings is 3. The molecule has 1 fully saturated rings. The Balaban J connectivity index is 1.38. The van der Waals surface area contributed by atoms with E-state index < -0.39 is 129 Å². The number of ether oxygens (including phenoxy) is 3. The molecule has 1 aliphatic carbocycles. The van der Waals surface area contributed by atoms with Gasteiger partial charge in [-0.3, -0.25) is 4.79 Å². The molecule has 4 aromatic carbocycles. The van der Waals surface area contributed by atoms with Crippen LogP contribution in [0.1, 0.15) is 46.0 Å². The number of rotatable bonds is 7. The Hall–Kier alpha value is -6.96. The number of carboxylic acids is 1. The first kappa shape index (κ1) is 38.8. The van der Waals surface area contributed by atoms with Gasteiger partial charge in [-0.1, -0.05) is 0 Å². The fraction of sp³-hybridized carbons (Fsp3) is 0.243. The molecule has 4 aromatic rings. The van der Waals surface area contributed by atoms with Crippen LogP contribution in [0.25, 0.3) is 16.8 Å². The van der Waals surface area contributed by atoms with Crippen LogP contribution in [0.2, 0.25) is 0 Å². The number of esters is 2. The third-order valence-electron chi connectivity index (χ3n) is 9.41. The van der Waals surface area contributed by atoms with Crippen LogP contribution in [0, 0.1) is 0 Å². The molecular weight excluding hydrogens is 748 g/mol. The molecule has 12 N–H and O–H groups in total. The fourth-order valence-corrected chi connectivity index (χ4v) is 6.59. The molecule has 0 saturated heterocycles. The standard InChI is InChI=1S/C37H32O19/c38-16-8-19(39)18-10-26(34(55-25(18)9-16)14-5-20(40)30(46)21(41)6-14)56-35(50)15-3-17-13(4-22(42)32(48)29(17)33(49)23(43)7-15)1-2-28(45)54-27-12-37(53,36(51)52)11-24(44)31(27)47/h1-9,24,26-27,31,34,38-42,44,46-48,53H,10-12H2,(H,43,49)(H,51,52)/b2-1+/t24?,26-,27?,31?,34-,37?/m1/s1. The van der Waals surface area contributed by atoms with Crippen molar-refractivity contribution < 1.29 is 89.9 Å². The number of hydrogen-bond acceptors (Lipinski definition) is 18. The molecular formula is C37H32O19. The minimum absolute atomic E-state index is 0.0551. The molecule has 2 aliphatic rings. The van der Waals surface area contributed by atoms with E-state index in [0.717, 1.165) is 42.5 Å². The molecule has 6 atom stereocenters. The van der Waals surface area contributed by atoms with E-state index in [2.05, 4.69) is 0 Å². The highest BCUT2D eigenvalue weighted by Gasteiger charge is 2.50. The number of carbonyl (C=O) groups excluding carboxylic acids is 2. The summed E-state index contributed by atoms with van der Waals surface area (Å²) in [5.41, 5.74) is -4.67. The lowest BCUT2D eigenvalue weighted by atomic mass is 9.79. The summed E-state index contributed by atoms with van der Waals surface area (Å²) in [5.74, 6) is -10.7. The van der Waals surface area contributed by atoms with Gasteiger partial charge in [0.1, 0.15) is 35.6 Å². The molecule has 1 aliphatic heterocycles. The molecule has 0 radical (unpaired) electrons. The Morgan fingerprint density at radius 1 is 0.768 bits per heavy atom.